The van der Waals surface area contributed by atoms with E-state index in [0.29, 0.717) is 5.56 Å². The van der Waals surface area contributed by atoms with Crippen molar-refractivity contribution >= 4 is 17.6 Å². The Morgan fingerprint density at radius 1 is 1.41 bits per heavy atom. The molecule has 0 radical (unpaired) electrons. The van der Waals surface area contributed by atoms with E-state index in [9.17, 15) is 14.3 Å². The molecule has 1 fully saturated rings. The van der Waals surface area contributed by atoms with Gasteiger partial charge in [0.2, 0.25) is 0 Å². The molecular formula is C12H13ClFNO2. The fraction of sp³-hybridized carbons (Fsp3) is 0.417. The Bertz CT molecular complexity index is 433. The molecule has 17 heavy (non-hydrogen) atoms. The Morgan fingerprint density at radius 3 is 2.59 bits per heavy atom. The van der Waals surface area contributed by atoms with Crippen molar-refractivity contribution in [3.8, 4) is 0 Å². The molecule has 2 rings (SSSR count). The van der Waals surface area contributed by atoms with Crippen molar-refractivity contribution in [3.63, 3.8) is 0 Å². The van der Waals surface area contributed by atoms with E-state index < -0.39 is 17.8 Å². The van der Waals surface area contributed by atoms with Crippen LogP contribution in [-0.4, -0.2) is 29.1 Å². The number of rotatable bonds is 3. The molecule has 3 nitrogen and oxygen atoms in total. The Labute approximate surface area is 104 Å². The minimum Gasteiger partial charge on any atom is -0.480 e. The molecule has 1 N–H and O–H groups in total. The summed E-state index contributed by atoms with van der Waals surface area (Å²) in [5.41, 5.74) is 0.446. The van der Waals surface area contributed by atoms with Crippen LogP contribution in [0.15, 0.2) is 18.2 Å². The standard InChI is InChI=1S/C12H13ClFNO2/c13-9-4-3-8(7-10(9)14)11(12(16)17)15-5-1-2-6-15/h3-4,7,11H,1-2,5-6H2,(H,16,17). The maximum absolute atomic E-state index is 13.3. The molecular weight excluding hydrogens is 245 g/mol. The summed E-state index contributed by atoms with van der Waals surface area (Å²) in [4.78, 5) is 13.1. The average Bonchev–Trinajstić information content (AvgIpc) is 2.76. The van der Waals surface area contributed by atoms with Crippen LogP contribution in [0.3, 0.4) is 0 Å². The van der Waals surface area contributed by atoms with Gasteiger partial charge in [-0.1, -0.05) is 17.7 Å². The number of nitrogens with zero attached hydrogens (tertiary/aromatic N) is 1. The lowest BCUT2D eigenvalue weighted by Crippen LogP contribution is -2.31. The van der Waals surface area contributed by atoms with Crippen molar-refractivity contribution in [2.75, 3.05) is 13.1 Å². The number of likely N-dealkylation sites (tertiary alicyclic amines) is 1. The zero-order valence-corrected chi connectivity index (χ0v) is 9.95. The lowest BCUT2D eigenvalue weighted by molar-refractivity contribution is -0.143. The highest BCUT2D eigenvalue weighted by atomic mass is 35.5. The van der Waals surface area contributed by atoms with E-state index in [1.165, 1.54) is 12.1 Å². The number of benzene rings is 1. The Morgan fingerprint density at radius 2 is 2.06 bits per heavy atom. The second-order valence-corrected chi connectivity index (χ2v) is 4.56. The zero-order valence-electron chi connectivity index (χ0n) is 9.20. The van der Waals surface area contributed by atoms with Crippen LogP contribution in [-0.2, 0) is 4.79 Å². The van der Waals surface area contributed by atoms with Crippen LogP contribution in [0.5, 0.6) is 0 Å². The molecule has 0 saturated carbocycles. The van der Waals surface area contributed by atoms with Gasteiger partial charge in [-0.05, 0) is 43.6 Å². The van der Waals surface area contributed by atoms with Crippen LogP contribution in [0.25, 0.3) is 0 Å². The Balaban J connectivity index is 2.31. The number of hydrogen-bond donors (Lipinski definition) is 1. The van der Waals surface area contributed by atoms with Gasteiger partial charge >= 0.3 is 5.97 Å². The van der Waals surface area contributed by atoms with E-state index in [4.69, 9.17) is 11.6 Å². The minimum atomic E-state index is -0.950. The van der Waals surface area contributed by atoms with Crippen LogP contribution < -0.4 is 0 Å². The Hall–Kier alpha value is -1.13. The highest BCUT2D eigenvalue weighted by Crippen LogP contribution is 2.27. The highest BCUT2D eigenvalue weighted by Gasteiger charge is 2.29. The molecule has 0 spiro atoms. The topological polar surface area (TPSA) is 40.5 Å². The van der Waals surface area contributed by atoms with E-state index >= 15 is 0 Å². The number of carbonyl (C=O) groups is 1. The van der Waals surface area contributed by atoms with Crippen LogP contribution >= 0.6 is 11.6 Å². The van der Waals surface area contributed by atoms with E-state index in [2.05, 4.69) is 0 Å². The molecule has 0 amide bonds. The van der Waals surface area contributed by atoms with Crippen molar-refractivity contribution in [1.82, 2.24) is 4.90 Å². The first-order valence-electron chi connectivity index (χ1n) is 5.51. The quantitative estimate of drug-likeness (QED) is 0.905. The van der Waals surface area contributed by atoms with Gasteiger partial charge in [0.05, 0.1) is 5.02 Å². The lowest BCUT2D eigenvalue weighted by atomic mass is 10.1. The summed E-state index contributed by atoms with van der Waals surface area (Å²) in [6.45, 7) is 1.47. The van der Waals surface area contributed by atoms with Gasteiger partial charge in [0.1, 0.15) is 11.9 Å². The van der Waals surface area contributed by atoms with Crippen molar-refractivity contribution in [2.45, 2.75) is 18.9 Å². The lowest BCUT2D eigenvalue weighted by Gasteiger charge is -2.24. The number of carboxylic acids is 1. The minimum absolute atomic E-state index is 0.0133. The van der Waals surface area contributed by atoms with E-state index in [-0.39, 0.29) is 5.02 Å². The largest absolute Gasteiger partial charge is 0.480 e. The van der Waals surface area contributed by atoms with Gasteiger partial charge < -0.3 is 5.11 Å². The first-order chi connectivity index (χ1) is 8.09. The molecule has 1 atom stereocenters. The predicted octanol–water partition coefficient (Wildman–Crippen LogP) is 2.70. The molecule has 0 aliphatic carbocycles. The molecule has 1 saturated heterocycles. The summed E-state index contributed by atoms with van der Waals surface area (Å²) in [6.07, 6.45) is 1.97. The van der Waals surface area contributed by atoms with Crippen LogP contribution in [0.4, 0.5) is 4.39 Å². The van der Waals surface area contributed by atoms with E-state index in [0.717, 1.165) is 25.9 Å². The molecule has 1 aliphatic heterocycles. The number of halogens is 2. The van der Waals surface area contributed by atoms with E-state index in [1.807, 2.05) is 4.90 Å². The summed E-state index contributed by atoms with van der Waals surface area (Å²) in [5.74, 6) is -1.52. The third-order valence-corrected chi connectivity index (χ3v) is 3.31. The molecule has 1 heterocycles. The fourth-order valence-electron chi connectivity index (χ4n) is 2.19. The monoisotopic (exact) mass is 257 g/mol. The van der Waals surface area contributed by atoms with Gasteiger partial charge in [0.15, 0.2) is 0 Å². The third kappa shape index (κ3) is 2.58. The number of carboxylic acid groups (broad SMARTS) is 1. The maximum atomic E-state index is 13.3. The Kier molecular flexibility index (Phi) is 3.64. The average molecular weight is 258 g/mol. The van der Waals surface area contributed by atoms with Gasteiger partial charge in [0.25, 0.3) is 0 Å². The van der Waals surface area contributed by atoms with Gasteiger partial charge in [0, 0.05) is 0 Å². The number of hydrogen-bond acceptors (Lipinski definition) is 2. The highest BCUT2D eigenvalue weighted by molar-refractivity contribution is 6.30. The molecule has 5 heteroatoms. The van der Waals surface area contributed by atoms with Gasteiger partial charge in [-0.3, -0.25) is 9.69 Å². The second kappa shape index (κ2) is 5.02. The summed E-state index contributed by atoms with van der Waals surface area (Å²) in [5, 5.41) is 9.26. The van der Waals surface area contributed by atoms with Gasteiger partial charge in [-0.2, -0.15) is 0 Å². The fourth-order valence-corrected chi connectivity index (χ4v) is 2.31. The molecule has 1 aromatic rings. The summed E-state index contributed by atoms with van der Waals surface area (Å²) in [6, 6.07) is 3.41. The predicted molar refractivity (Wildman–Crippen MR) is 62.6 cm³/mol. The first kappa shape index (κ1) is 12.3. The van der Waals surface area contributed by atoms with Crippen molar-refractivity contribution in [2.24, 2.45) is 0 Å². The molecule has 1 unspecified atom stereocenters. The molecule has 1 aromatic carbocycles. The maximum Gasteiger partial charge on any atom is 0.325 e. The van der Waals surface area contributed by atoms with Crippen LogP contribution in [0.2, 0.25) is 5.02 Å². The van der Waals surface area contributed by atoms with Crippen molar-refractivity contribution in [3.05, 3.63) is 34.6 Å². The first-order valence-corrected chi connectivity index (χ1v) is 5.89. The molecule has 0 aromatic heterocycles. The second-order valence-electron chi connectivity index (χ2n) is 4.16. The molecule has 0 bridgehead atoms. The zero-order chi connectivity index (χ0) is 12.4. The van der Waals surface area contributed by atoms with Crippen LogP contribution in [0, 0.1) is 5.82 Å². The summed E-state index contributed by atoms with van der Waals surface area (Å²) in [7, 11) is 0. The third-order valence-electron chi connectivity index (χ3n) is 3.00. The van der Waals surface area contributed by atoms with E-state index in [1.54, 1.807) is 6.07 Å². The summed E-state index contributed by atoms with van der Waals surface area (Å²) >= 11 is 5.59. The van der Waals surface area contributed by atoms with Crippen molar-refractivity contribution in [1.29, 1.82) is 0 Å². The smallest absolute Gasteiger partial charge is 0.325 e. The normalized spacial score (nSPS) is 18.2. The molecule has 92 valence electrons. The SMILES string of the molecule is O=C(O)C(c1ccc(Cl)c(F)c1)N1CCCC1. The van der Waals surface area contributed by atoms with Gasteiger partial charge in [-0.15, -0.1) is 0 Å². The van der Waals surface area contributed by atoms with Crippen molar-refractivity contribution < 1.29 is 14.3 Å². The van der Waals surface area contributed by atoms with Gasteiger partial charge in [-0.25, -0.2) is 4.39 Å². The summed E-state index contributed by atoms with van der Waals surface area (Å²) < 4.78 is 13.3. The molecule has 1 aliphatic rings. The number of aliphatic carboxylic acids is 1. The van der Waals surface area contributed by atoms with Crippen LogP contribution in [0.1, 0.15) is 24.4 Å².